The number of nitrogens with one attached hydrogen (secondary N) is 1. The summed E-state index contributed by atoms with van der Waals surface area (Å²) >= 11 is 0. The van der Waals surface area contributed by atoms with Crippen molar-refractivity contribution in [3.05, 3.63) is 64.7 Å². The van der Waals surface area contributed by atoms with Crippen LogP contribution in [0.1, 0.15) is 33.5 Å². The molecule has 2 aromatic carbocycles. The van der Waals surface area contributed by atoms with Crippen LogP contribution in [0.3, 0.4) is 0 Å². The average molecular weight is 323 g/mol. The fraction of sp³-hybridized carbons (Fsp3) is 0.263. The summed E-state index contributed by atoms with van der Waals surface area (Å²) in [5.41, 5.74) is 11.2. The van der Waals surface area contributed by atoms with Gasteiger partial charge in [-0.15, -0.1) is 0 Å². The molecule has 0 amide bonds. The van der Waals surface area contributed by atoms with E-state index in [0.717, 1.165) is 24.1 Å². The third kappa shape index (κ3) is 3.74. The van der Waals surface area contributed by atoms with E-state index in [1.54, 1.807) is 18.2 Å². The van der Waals surface area contributed by atoms with Crippen LogP contribution in [0.2, 0.25) is 0 Å². The van der Waals surface area contributed by atoms with Gasteiger partial charge in [0.15, 0.2) is 5.96 Å². The van der Waals surface area contributed by atoms with Crippen molar-refractivity contribution < 1.29 is 9.53 Å². The molecule has 1 aliphatic carbocycles. The van der Waals surface area contributed by atoms with E-state index < -0.39 is 0 Å². The Morgan fingerprint density at radius 2 is 2.04 bits per heavy atom. The molecule has 0 bridgehead atoms. The maximum absolute atomic E-state index is 11.5. The number of nitrogens with two attached hydrogens (primary N) is 1. The van der Waals surface area contributed by atoms with Gasteiger partial charge in [0.2, 0.25) is 0 Å². The normalized spacial score (nSPS) is 13.5. The highest BCUT2D eigenvalue weighted by Crippen LogP contribution is 2.24. The van der Waals surface area contributed by atoms with Gasteiger partial charge in [0.05, 0.1) is 19.2 Å². The number of benzene rings is 2. The Morgan fingerprint density at radius 1 is 1.21 bits per heavy atom. The Hall–Kier alpha value is -2.82. The number of ether oxygens (including phenoxy) is 1. The van der Waals surface area contributed by atoms with Crippen LogP contribution in [-0.4, -0.2) is 19.0 Å². The molecule has 0 fully saturated rings. The largest absolute Gasteiger partial charge is 0.465 e. The summed E-state index contributed by atoms with van der Waals surface area (Å²) in [4.78, 5) is 15.9. The second-order valence-corrected chi connectivity index (χ2v) is 5.86. The molecule has 2 aromatic rings. The Labute approximate surface area is 141 Å². The van der Waals surface area contributed by atoms with E-state index in [0.29, 0.717) is 18.1 Å². The van der Waals surface area contributed by atoms with Crippen molar-refractivity contribution in [2.45, 2.75) is 25.8 Å². The fourth-order valence-corrected chi connectivity index (χ4v) is 2.93. The van der Waals surface area contributed by atoms with Gasteiger partial charge in [-0.3, -0.25) is 0 Å². The average Bonchev–Trinajstić information content (AvgIpc) is 3.07. The zero-order valence-electron chi connectivity index (χ0n) is 13.7. The topological polar surface area (TPSA) is 76.7 Å². The van der Waals surface area contributed by atoms with E-state index in [-0.39, 0.29) is 5.97 Å². The highest BCUT2D eigenvalue weighted by atomic mass is 16.5. The first-order valence-electron chi connectivity index (χ1n) is 8.02. The minimum Gasteiger partial charge on any atom is -0.465 e. The number of guanidine groups is 1. The summed E-state index contributed by atoms with van der Waals surface area (Å²) in [5.74, 6) is 0.00138. The van der Waals surface area contributed by atoms with E-state index in [2.05, 4.69) is 22.4 Å². The van der Waals surface area contributed by atoms with Gasteiger partial charge in [0.25, 0.3) is 0 Å². The maximum atomic E-state index is 11.5. The smallest absolute Gasteiger partial charge is 0.337 e. The van der Waals surface area contributed by atoms with E-state index in [1.807, 2.05) is 12.1 Å². The fourth-order valence-electron chi connectivity index (χ4n) is 2.93. The van der Waals surface area contributed by atoms with Crippen molar-refractivity contribution in [1.82, 2.24) is 0 Å². The van der Waals surface area contributed by atoms with Crippen molar-refractivity contribution >= 4 is 17.6 Å². The number of methoxy groups -OCH3 is 1. The Bertz CT molecular complexity index is 784. The van der Waals surface area contributed by atoms with Gasteiger partial charge in [0, 0.05) is 5.69 Å². The summed E-state index contributed by atoms with van der Waals surface area (Å²) in [7, 11) is 1.37. The van der Waals surface area contributed by atoms with Crippen molar-refractivity contribution in [3.63, 3.8) is 0 Å². The number of hydrogen-bond donors (Lipinski definition) is 2. The first kappa shape index (κ1) is 16.1. The lowest BCUT2D eigenvalue weighted by Gasteiger charge is -2.08. The third-order valence-corrected chi connectivity index (χ3v) is 4.15. The molecule has 0 aliphatic heterocycles. The number of nitrogens with zero attached hydrogens (tertiary/aromatic N) is 1. The first-order chi connectivity index (χ1) is 11.7. The van der Waals surface area contributed by atoms with Gasteiger partial charge < -0.3 is 15.8 Å². The number of rotatable bonds is 4. The Balaban J connectivity index is 1.65. The Morgan fingerprint density at radius 3 is 2.88 bits per heavy atom. The molecule has 0 radical (unpaired) electrons. The van der Waals surface area contributed by atoms with Crippen LogP contribution in [0.4, 0.5) is 5.69 Å². The lowest BCUT2D eigenvalue weighted by atomic mass is 10.1. The van der Waals surface area contributed by atoms with Crippen LogP contribution in [-0.2, 0) is 24.1 Å². The van der Waals surface area contributed by atoms with Crippen LogP contribution in [0.25, 0.3) is 0 Å². The number of fused-ring (bicyclic) bond motifs is 1. The van der Waals surface area contributed by atoms with Crippen LogP contribution < -0.4 is 11.1 Å². The lowest BCUT2D eigenvalue weighted by Crippen LogP contribution is -2.22. The number of hydrogen-bond acceptors (Lipinski definition) is 3. The summed E-state index contributed by atoms with van der Waals surface area (Å²) in [6.07, 6.45) is 3.51. The maximum Gasteiger partial charge on any atom is 0.337 e. The number of anilines is 1. The summed E-state index contributed by atoms with van der Waals surface area (Å²) < 4.78 is 4.72. The number of aryl methyl sites for hydroxylation is 2. The molecule has 124 valence electrons. The molecule has 5 heteroatoms. The van der Waals surface area contributed by atoms with Gasteiger partial charge in [-0.2, -0.15) is 0 Å². The Kier molecular flexibility index (Phi) is 4.79. The van der Waals surface area contributed by atoms with Crippen molar-refractivity contribution in [1.29, 1.82) is 0 Å². The number of carbonyl (C=O) groups is 1. The monoisotopic (exact) mass is 323 g/mol. The molecule has 0 heterocycles. The van der Waals surface area contributed by atoms with E-state index in [1.165, 1.54) is 24.7 Å². The van der Waals surface area contributed by atoms with Crippen LogP contribution >= 0.6 is 0 Å². The second-order valence-electron chi connectivity index (χ2n) is 5.86. The minimum atomic E-state index is -0.356. The second kappa shape index (κ2) is 7.17. The zero-order valence-corrected chi connectivity index (χ0v) is 13.7. The summed E-state index contributed by atoms with van der Waals surface area (Å²) in [6.45, 7) is 0.397. The number of carbonyl (C=O) groups excluding carboxylic acids is 1. The highest BCUT2D eigenvalue weighted by Gasteiger charge is 2.11. The molecular weight excluding hydrogens is 302 g/mol. The molecule has 1 aliphatic rings. The summed E-state index contributed by atoms with van der Waals surface area (Å²) in [5, 5.41) is 3.13. The predicted octanol–water partition coefficient (Wildman–Crippen LogP) is 2.89. The molecule has 3 N–H and O–H groups in total. The van der Waals surface area contributed by atoms with Gasteiger partial charge in [0.1, 0.15) is 0 Å². The minimum absolute atomic E-state index is 0.356. The molecule has 0 saturated heterocycles. The van der Waals surface area contributed by atoms with Gasteiger partial charge in [-0.05, 0) is 60.2 Å². The molecular formula is C19H21N3O2. The van der Waals surface area contributed by atoms with Crippen LogP contribution in [0, 0.1) is 0 Å². The van der Waals surface area contributed by atoms with Crippen molar-refractivity contribution in [2.24, 2.45) is 10.7 Å². The predicted molar refractivity (Wildman–Crippen MR) is 95.2 cm³/mol. The SMILES string of the molecule is COC(=O)c1cccc(CN=C(N)Nc2ccc3c(c2)CCC3)c1. The molecule has 0 unspecified atom stereocenters. The van der Waals surface area contributed by atoms with E-state index >= 15 is 0 Å². The standard InChI is InChI=1S/C19H21N3O2/c1-24-18(23)16-7-2-4-13(10-16)12-21-19(20)22-17-9-8-14-5-3-6-15(14)11-17/h2,4,7-11H,3,5-6,12H2,1H3,(H3,20,21,22). The molecule has 0 aromatic heterocycles. The lowest BCUT2D eigenvalue weighted by molar-refractivity contribution is 0.0600. The van der Waals surface area contributed by atoms with Gasteiger partial charge >= 0.3 is 5.97 Å². The van der Waals surface area contributed by atoms with Crippen molar-refractivity contribution in [3.8, 4) is 0 Å². The van der Waals surface area contributed by atoms with Crippen LogP contribution in [0.5, 0.6) is 0 Å². The van der Waals surface area contributed by atoms with Crippen molar-refractivity contribution in [2.75, 3.05) is 12.4 Å². The molecule has 24 heavy (non-hydrogen) atoms. The van der Waals surface area contributed by atoms with Gasteiger partial charge in [-0.1, -0.05) is 18.2 Å². The molecule has 0 spiro atoms. The van der Waals surface area contributed by atoms with E-state index in [4.69, 9.17) is 10.5 Å². The zero-order chi connectivity index (χ0) is 16.9. The molecule has 0 atom stereocenters. The van der Waals surface area contributed by atoms with Crippen LogP contribution in [0.15, 0.2) is 47.5 Å². The quantitative estimate of drug-likeness (QED) is 0.515. The summed E-state index contributed by atoms with van der Waals surface area (Å²) in [6, 6.07) is 13.5. The first-order valence-corrected chi connectivity index (χ1v) is 8.02. The highest BCUT2D eigenvalue weighted by molar-refractivity contribution is 5.92. The van der Waals surface area contributed by atoms with Gasteiger partial charge in [-0.25, -0.2) is 9.79 Å². The molecule has 0 saturated carbocycles. The number of aliphatic imine (C=N–C) groups is 1. The number of esters is 1. The molecule has 3 rings (SSSR count). The molecule has 5 nitrogen and oxygen atoms in total. The third-order valence-electron chi connectivity index (χ3n) is 4.15. The van der Waals surface area contributed by atoms with E-state index in [9.17, 15) is 4.79 Å².